The van der Waals surface area contributed by atoms with Crippen LogP contribution in [0.5, 0.6) is 0 Å². The minimum Gasteiger partial charge on any atom is -0.461 e. The fourth-order valence-corrected chi connectivity index (χ4v) is 2.35. The summed E-state index contributed by atoms with van der Waals surface area (Å²) < 4.78 is 44.1. The van der Waals surface area contributed by atoms with Crippen molar-refractivity contribution in [1.29, 1.82) is 0 Å². The molecule has 0 spiro atoms. The van der Waals surface area contributed by atoms with E-state index in [1.54, 1.807) is 13.8 Å². The smallest absolute Gasteiger partial charge is 0.416 e. The molecule has 0 unspecified atom stereocenters. The minimum absolute atomic E-state index is 0.00475. The highest BCUT2D eigenvalue weighted by molar-refractivity contribution is 6.34. The molecule has 0 aliphatic rings. The van der Waals surface area contributed by atoms with Crippen molar-refractivity contribution in [2.24, 2.45) is 0 Å². The summed E-state index contributed by atoms with van der Waals surface area (Å²) in [5.41, 5.74) is -0.0182. The third kappa shape index (κ3) is 3.50. The van der Waals surface area contributed by atoms with Crippen LogP contribution in [-0.4, -0.2) is 22.4 Å². The van der Waals surface area contributed by atoms with E-state index in [4.69, 9.17) is 16.3 Å². The highest BCUT2D eigenvalue weighted by Gasteiger charge is 2.30. The molecule has 1 heterocycles. The Bertz CT molecular complexity index is 709. The molecule has 4 nitrogen and oxygen atoms in total. The second-order valence-electron chi connectivity index (χ2n) is 4.64. The summed E-state index contributed by atoms with van der Waals surface area (Å²) in [6, 6.07) is 4.31. The Morgan fingerprint density at radius 2 is 1.87 bits per heavy atom. The second-order valence-corrected chi connectivity index (χ2v) is 5.02. The number of rotatable bonds is 4. The van der Waals surface area contributed by atoms with Gasteiger partial charge in [0.15, 0.2) is 5.69 Å². The Morgan fingerprint density at radius 3 is 2.35 bits per heavy atom. The molecule has 0 radical (unpaired) electrons. The first kappa shape index (κ1) is 17.3. The van der Waals surface area contributed by atoms with Crippen molar-refractivity contribution >= 4 is 17.6 Å². The Labute approximate surface area is 135 Å². The summed E-state index contributed by atoms with van der Waals surface area (Å²) in [5.74, 6) is -0.676. The molecule has 0 fully saturated rings. The van der Waals surface area contributed by atoms with Gasteiger partial charge in [-0.05, 0) is 37.6 Å². The molecule has 2 rings (SSSR count). The molecule has 0 amide bonds. The number of aryl methyl sites for hydroxylation is 1. The molecule has 124 valence electrons. The average molecular weight is 347 g/mol. The van der Waals surface area contributed by atoms with Crippen molar-refractivity contribution < 1.29 is 22.7 Å². The van der Waals surface area contributed by atoms with Crippen molar-refractivity contribution in [3.05, 3.63) is 46.2 Å². The van der Waals surface area contributed by atoms with Crippen molar-refractivity contribution in [1.82, 2.24) is 9.78 Å². The number of hydrogen-bond acceptors (Lipinski definition) is 3. The molecular formula is C15H14ClF3N2O2. The number of ether oxygens (including phenoxy) is 1. The summed E-state index contributed by atoms with van der Waals surface area (Å²) in [4.78, 5) is 12.1. The first-order valence-corrected chi connectivity index (χ1v) is 7.29. The predicted molar refractivity (Wildman–Crippen MR) is 78.9 cm³/mol. The van der Waals surface area contributed by atoms with Gasteiger partial charge in [-0.2, -0.15) is 18.3 Å². The van der Waals surface area contributed by atoms with E-state index in [0.29, 0.717) is 17.8 Å². The van der Waals surface area contributed by atoms with Crippen LogP contribution in [-0.2, 0) is 17.3 Å². The molecule has 0 saturated carbocycles. The fourth-order valence-electron chi connectivity index (χ4n) is 2.02. The standard InChI is InChI=1S/C15H14ClF3N2O2/c1-3-11-12(16)13(14(22)23-4-2)21(20-11)10-7-5-9(6-8-10)15(17,18)19/h5-8H,3-4H2,1-2H3. The van der Waals surface area contributed by atoms with E-state index >= 15 is 0 Å². The van der Waals surface area contributed by atoms with E-state index in [0.717, 1.165) is 12.1 Å². The first-order chi connectivity index (χ1) is 10.8. The van der Waals surface area contributed by atoms with Gasteiger partial charge in [-0.3, -0.25) is 0 Å². The van der Waals surface area contributed by atoms with Gasteiger partial charge in [-0.1, -0.05) is 18.5 Å². The average Bonchev–Trinajstić information content (AvgIpc) is 2.83. The van der Waals surface area contributed by atoms with Gasteiger partial charge >= 0.3 is 12.1 Å². The van der Waals surface area contributed by atoms with E-state index in [1.165, 1.54) is 16.8 Å². The maximum atomic E-state index is 12.6. The summed E-state index contributed by atoms with van der Waals surface area (Å²) in [6.07, 6.45) is -3.96. The van der Waals surface area contributed by atoms with Gasteiger partial charge in [0.05, 0.1) is 28.6 Å². The number of carbonyl (C=O) groups excluding carboxylic acids is 1. The number of alkyl halides is 3. The quantitative estimate of drug-likeness (QED) is 0.776. The fraction of sp³-hybridized carbons (Fsp3) is 0.333. The highest BCUT2D eigenvalue weighted by atomic mass is 35.5. The molecule has 2 aromatic rings. The molecular weight excluding hydrogens is 333 g/mol. The zero-order valence-corrected chi connectivity index (χ0v) is 13.2. The zero-order valence-electron chi connectivity index (χ0n) is 12.4. The van der Waals surface area contributed by atoms with Crippen LogP contribution in [0.1, 0.15) is 35.6 Å². The second kappa shape index (κ2) is 6.62. The number of carbonyl (C=O) groups is 1. The van der Waals surface area contributed by atoms with Crippen LogP contribution in [0.4, 0.5) is 13.2 Å². The Morgan fingerprint density at radius 1 is 1.26 bits per heavy atom. The first-order valence-electron chi connectivity index (χ1n) is 6.91. The van der Waals surface area contributed by atoms with Crippen molar-refractivity contribution in [2.75, 3.05) is 6.61 Å². The van der Waals surface area contributed by atoms with E-state index in [9.17, 15) is 18.0 Å². The summed E-state index contributed by atoms with van der Waals surface area (Å²) in [5, 5.41) is 4.34. The molecule has 0 aliphatic heterocycles. The van der Waals surface area contributed by atoms with Gasteiger partial charge < -0.3 is 4.74 Å². The molecule has 1 aromatic heterocycles. The van der Waals surface area contributed by atoms with Crippen LogP contribution in [0.2, 0.25) is 5.02 Å². The van der Waals surface area contributed by atoms with Gasteiger partial charge in [0.25, 0.3) is 0 Å². The lowest BCUT2D eigenvalue weighted by Crippen LogP contribution is -2.13. The summed E-state index contributed by atoms with van der Waals surface area (Å²) in [7, 11) is 0. The number of esters is 1. The zero-order chi connectivity index (χ0) is 17.2. The number of aromatic nitrogens is 2. The lowest BCUT2D eigenvalue weighted by atomic mass is 10.2. The third-order valence-electron chi connectivity index (χ3n) is 3.14. The Balaban J connectivity index is 2.52. The van der Waals surface area contributed by atoms with Gasteiger partial charge in [0.2, 0.25) is 0 Å². The predicted octanol–water partition coefficient (Wildman–Crippen LogP) is 4.28. The van der Waals surface area contributed by atoms with E-state index in [1.807, 2.05) is 0 Å². The SMILES string of the molecule is CCOC(=O)c1c(Cl)c(CC)nn1-c1ccc(C(F)(F)F)cc1. The highest BCUT2D eigenvalue weighted by Crippen LogP contribution is 2.31. The van der Waals surface area contributed by atoms with Crippen LogP contribution < -0.4 is 0 Å². The normalized spacial score (nSPS) is 11.6. The Hall–Kier alpha value is -2.02. The van der Waals surface area contributed by atoms with Crippen molar-refractivity contribution in [2.45, 2.75) is 26.4 Å². The molecule has 0 atom stereocenters. The van der Waals surface area contributed by atoms with Crippen LogP contribution in [0.3, 0.4) is 0 Å². The largest absolute Gasteiger partial charge is 0.461 e. The molecule has 1 aromatic carbocycles. The molecule has 8 heteroatoms. The molecule has 23 heavy (non-hydrogen) atoms. The number of nitrogens with zero attached hydrogens (tertiary/aromatic N) is 2. The lowest BCUT2D eigenvalue weighted by Gasteiger charge is -2.10. The van der Waals surface area contributed by atoms with Crippen LogP contribution in [0.15, 0.2) is 24.3 Å². The molecule has 0 aliphatic carbocycles. The third-order valence-corrected chi connectivity index (χ3v) is 3.53. The maximum absolute atomic E-state index is 12.6. The topological polar surface area (TPSA) is 44.1 Å². The van der Waals surface area contributed by atoms with Crippen LogP contribution in [0, 0.1) is 0 Å². The Kier molecular flexibility index (Phi) is 4.99. The molecule has 0 saturated heterocycles. The molecule has 0 N–H and O–H groups in total. The number of benzene rings is 1. The molecule has 0 bridgehead atoms. The maximum Gasteiger partial charge on any atom is 0.416 e. The monoisotopic (exact) mass is 346 g/mol. The van der Waals surface area contributed by atoms with Gasteiger partial charge in [0.1, 0.15) is 0 Å². The lowest BCUT2D eigenvalue weighted by molar-refractivity contribution is -0.137. The van der Waals surface area contributed by atoms with Crippen LogP contribution in [0.25, 0.3) is 5.69 Å². The number of hydrogen-bond donors (Lipinski definition) is 0. The number of halogens is 4. The summed E-state index contributed by atoms with van der Waals surface area (Å²) >= 11 is 6.15. The van der Waals surface area contributed by atoms with Gasteiger partial charge in [-0.25, -0.2) is 9.48 Å². The van der Waals surface area contributed by atoms with Gasteiger partial charge in [-0.15, -0.1) is 0 Å². The van der Waals surface area contributed by atoms with E-state index in [2.05, 4.69) is 5.10 Å². The van der Waals surface area contributed by atoms with Crippen molar-refractivity contribution in [3.63, 3.8) is 0 Å². The van der Waals surface area contributed by atoms with Gasteiger partial charge in [0, 0.05) is 0 Å². The summed E-state index contributed by atoms with van der Waals surface area (Å²) in [6.45, 7) is 3.60. The van der Waals surface area contributed by atoms with E-state index in [-0.39, 0.29) is 17.3 Å². The van der Waals surface area contributed by atoms with Crippen LogP contribution >= 0.6 is 11.6 Å². The minimum atomic E-state index is -4.43. The van der Waals surface area contributed by atoms with E-state index < -0.39 is 17.7 Å². The van der Waals surface area contributed by atoms with Crippen molar-refractivity contribution in [3.8, 4) is 5.69 Å².